The minimum atomic E-state index is -2.27. The number of carboxylic acid groups (broad SMARTS) is 2. The van der Waals surface area contributed by atoms with Crippen LogP contribution >= 0.6 is 0 Å². The summed E-state index contributed by atoms with van der Waals surface area (Å²) in [5, 5.41) is 32.5. The van der Waals surface area contributed by atoms with Gasteiger partial charge in [-0.3, -0.25) is 0 Å². The number of nitrogens with two attached hydrogens (primary N) is 1. The number of benzene rings is 1. The number of carboxylic acids is 2. The highest BCUT2D eigenvalue weighted by Gasteiger charge is 2.29. The van der Waals surface area contributed by atoms with Crippen LogP contribution in [-0.2, 0) is 16.0 Å². The first-order valence-electron chi connectivity index (χ1n) is 5.99. The SMILES string of the molecule is N[C@H]1CCc2ccccc21.O=C(O)C(O)C(O)C(=O)O. The maximum absolute atomic E-state index is 9.77. The van der Waals surface area contributed by atoms with Gasteiger partial charge in [-0.25, -0.2) is 9.59 Å². The fourth-order valence-electron chi connectivity index (χ4n) is 1.86. The van der Waals surface area contributed by atoms with Crippen LogP contribution < -0.4 is 5.73 Å². The summed E-state index contributed by atoms with van der Waals surface area (Å²) < 4.78 is 0. The van der Waals surface area contributed by atoms with E-state index in [1.165, 1.54) is 11.1 Å². The first-order chi connectivity index (χ1) is 9.34. The van der Waals surface area contributed by atoms with Crippen LogP contribution in [0.3, 0.4) is 0 Å². The molecule has 0 fully saturated rings. The van der Waals surface area contributed by atoms with Crippen molar-refractivity contribution in [3.05, 3.63) is 35.4 Å². The summed E-state index contributed by atoms with van der Waals surface area (Å²) >= 11 is 0. The van der Waals surface area contributed by atoms with Gasteiger partial charge in [0.1, 0.15) is 0 Å². The molecule has 2 unspecified atom stereocenters. The van der Waals surface area contributed by atoms with Gasteiger partial charge >= 0.3 is 11.9 Å². The molecule has 2 rings (SSSR count). The van der Waals surface area contributed by atoms with Crippen molar-refractivity contribution >= 4 is 11.9 Å². The van der Waals surface area contributed by atoms with Crippen LogP contribution in [-0.4, -0.2) is 44.6 Å². The van der Waals surface area contributed by atoms with Crippen molar-refractivity contribution in [2.75, 3.05) is 0 Å². The third kappa shape index (κ3) is 4.02. The number of rotatable bonds is 3. The molecule has 0 saturated carbocycles. The molecule has 0 bridgehead atoms. The smallest absolute Gasteiger partial charge is 0.335 e. The number of hydrogen-bond donors (Lipinski definition) is 5. The first kappa shape index (κ1) is 16.1. The van der Waals surface area contributed by atoms with E-state index in [4.69, 9.17) is 26.2 Å². The van der Waals surface area contributed by atoms with Crippen molar-refractivity contribution in [2.45, 2.75) is 31.1 Å². The fraction of sp³-hybridized carbons (Fsp3) is 0.385. The lowest BCUT2D eigenvalue weighted by Crippen LogP contribution is -2.39. The molecule has 1 aromatic rings. The molecule has 3 atom stereocenters. The highest BCUT2D eigenvalue weighted by atomic mass is 16.4. The Morgan fingerprint density at radius 2 is 1.60 bits per heavy atom. The van der Waals surface area contributed by atoms with Gasteiger partial charge in [-0.15, -0.1) is 0 Å². The molecule has 0 saturated heterocycles. The van der Waals surface area contributed by atoms with E-state index in [1.54, 1.807) is 0 Å². The van der Waals surface area contributed by atoms with Gasteiger partial charge in [0.05, 0.1) is 0 Å². The molecule has 20 heavy (non-hydrogen) atoms. The predicted molar refractivity (Wildman–Crippen MR) is 69.0 cm³/mol. The Hall–Kier alpha value is -1.96. The number of carbonyl (C=O) groups is 2. The maximum atomic E-state index is 9.77. The van der Waals surface area contributed by atoms with Gasteiger partial charge in [0, 0.05) is 6.04 Å². The van der Waals surface area contributed by atoms with Crippen molar-refractivity contribution in [3.63, 3.8) is 0 Å². The van der Waals surface area contributed by atoms with E-state index < -0.39 is 24.1 Å². The molecule has 110 valence electrons. The lowest BCUT2D eigenvalue weighted by Gasteiger charge is -2.07. The molecule has 0 radical (unpaired) electrons. The van der Waals surface area contributed by atoms with Crippen LogP contribution in [0.2, 0.25) is 0 Å². The van der Waals surface area contributed by atoms with Gasteiger partial charge in [-0.1, -0.05) is 24.3 Å². The molecular formula is C13H17NO6. The molecule has 1 aromatic carbocycles. The average molecular weight is 283 g/mol. The lowest BCUT2D eigenvalue weighted by molar-refractivity contribution is -0.165. The van der Waals surface area contributed by atoms with E-state index in [1.807, 2.05) is 0 Å². The van der Waals surface area contributed by atoms with Crippen molar-refractivity contribution in [1.82, 2.24) is 0 Å². The van der Waals surface area contributed by atoms with Crippen molar-refractivity contribution in [1.29, 1.82) is 0 Å². The molecule has 7 heteroatoms. The average Bonchev–Trinajstić information content (AvgIpc) is 2.80. The van der Waals surface area contributed by atoms with Crippen LogP contribution in [0.1, 0.15) is 23.6 Å². The molecule has 6 N–H and O–H groups in total. The van der Waals surface area contributed by atoms with E-state index in [0.717, 1.165) is 12.8 Å². The molecule has 1 aliphatic carbocycles. The van der Waals surface area contributed by atoms with Gasteiger partial charge < -0.3 is 26.2 Å². The highest BCUT2D eigenvalue weighted by Crippen LogP contribution is 2.28. The summed E-state index contributed by atoms with van der Waals surface area (Å²) in [5.41, 5.74) is 8.64. The number of fused-ring (bicyclic) bond motifs is 1. The normalized spacial score (nSPS) is 19.2. The van der Waals surface area contributed by atoms with Crippen LogP contribution in [0.5, 0.6) is 0 Å². The van der Waals surface area contributed by atoms with E-state index in [9.17, 15) is 9.59 Å². The summed E-state index contributed by atoms with van der Waals surface area (Å²) in [6.45, 7) is 0. The second-order valence-corrected chi connectivity index (χ2v) is 4.41. The zero-order valence-corrected chi connectivity index (χ0v) is 10.6. The van der Waals surface area contributed by atoms with Gasteiger partial charge in [0.15, 0.2) is 12.2 Å². The summed E-state index contributed by atoms with van der Waals surface area (Å²) in [6.07, 6.45) is -2.24. The molecule has 0 heterocycles. The van der Waals surface area contributed by atoms with Gasteiger partial charge in [0.25, 0.3) is 0 Å². The molecule has 7 nitrogen and oxygen atoms in total. The van der Waals surface area contributed by atoms with E-state index in [2.05, 4.69) is 24.3 Å². The monoisotopic (exact) mass is 283 g/mol. The van der Waals surface area contributed by atoms with Gasteiger partial charge in [-0.2, -0.15) is 0 Å². The summed E-state index contributed by atoms with van der Waals surface area (Å²) in [5.74, 6) is -3.54. The second-order valence-electron chi connectivity index (χ2n) is 4.41. The Balaban J connectivity index is 0.000000200. The van der Waals surface area contributed by atoms with Crippen LogP contribution in [0.4, 0.5) is 0 Å². The van der Waals surface area contributed by atoms with E-state index >= 15 is 0 Å². The van der Waals surface area contributed by atoms with Crippen molar-refractivity contribution in [3.8, 4) is 0 Å². The molecule has 0 spiro atoms. The third-order valence-electron chi connectivity index (χ3n) is 2.98. The van der Waals surface area contributed by atoms with Gasteiger partial charge in [0.2, 0.25) is 0 Å². The zero-order chi connectivity index (χ0) is 15.3. The molecule has 0 amide bonds. The molecule has 0 aliphatic heterocycles. The predicted octanol–water partition coefficient (Wildman–Crippen LogP) is -0.490. The van der Waals surface area contributed by atoms with Crippen LogP contribution in [0, 0.1) is 0 Å². The number of aliphatic hydroxyl groups excluding tert-OH is 2. The largest absolute Gasteiger partial charge is 0.479 e. The summed E-state index contributed by atoms with van der Waals surface area (Å²) in [6, 6.07) is 8.74. The molecular weight excluding hydrogens is 266 g/mol. The van der Waals surface area contributed by atoms with Crippen molar-refractivity contribution < 1.29 is 30.0 Å². The lowest BCUT2D eigenvalue weighted by atomic mass is 10.1. The number of aliphatic hydroxyl groups is 2. The number of hydrogen-bond acceptors (Lipinski definition) is 5. The standard InChI is InChI=1S/C9H11N.C4H6O6/c10-9-6-5-7-3-1-2-4-8(7)9;5-1(3(7)8)2(6)4(9)10/h1-4,9H,5-6,10H2;1-2,5-6H,(H,7,8)(H,9,10)/t9-;/m0./s1. The minimum Gasteiger partial charge on any atom is -0.479 e. The van der Waals surface area contributed by atoms with Crippen LogP contribution in [0.25, 0.3) is 0 Å². The Bertz CT molecular complexity index is 472. The number of aliphatic carboxylic acids is 2. The second kappa shape index (κ2) is 6.99. The molecule has 1 aliphatic rings. The zero-order valence-electron chi connectivity index (χ0n) is 10.6. The van der Waals surface area contributed by atoms with Crippen LogP contribution in [0.15, 0.2) is 24.3 Å². The highest BCUT2D eigenvalue weighted by molar-refractivity contribution is 5.83. The fourth-order valence-corrected chi connectivity index (χ4v) is 1.86. The Morgan fingerprint density at radius 1 is 1.10 bits per heavy atom. The van der Waals surface area contributed by atoms with E-state index in [-0.39, 0.29) is 0 Å². The molecule has 0 aromatic heterocycles. The number of aryl methyl sites for hydroxylation is 1. The minimum absolute atomic E-state index is 0.302. The van der Waals surface area contributed by atoms with Gasteiger partial charge in [-0.05, 0) is 24.0 Å². The topological polar surface area (TPSA) is 141 Å². The Kier molecular flexibility index (Phi) is 5.63. The quantitative estimate of drug-likeness (QED) is 0.504. The maximum Gasteiger partial charge on any atom is 0.335 e. The van der Waals surface area contributed by atoms with E-state index in [0.29, 0.717) is 6.04 Å². The Morgan fingerprint density at radius 3 is 2.05 bits per heavy atom. The summed E-state index contributed by atoms with van der Waals surface area (Å²) in [7, 11) is 0. The first-order valence-corrected chi connectivity index (χ1v) is 5.99. The Labute approximate surface area is 115 Å². The summed E-state index contributed by atoms with van der Waals surface area (Å²) in [4.78, 5) is 19.5. The van der Waals surface area contributed by atoms with Crippen molar-refractivity contribution in [2.24, 2.45) is 5.73 Å². The third-order valence-corrected chi connectivity index (χ3v) is 2.98.